The minimum absolute atomic E-state index is 0.570. The molecule has 0 bridgehead atoms. The second-order valence-corrected chi connectivity index (χ2v) is 7.10. The SMILES string of the molecule is Cc1cn(C2CCCCC2)c(NC2CCN(C)C(C)C2)n1. The van der Waals surface area contributed by atoms with E-state index in [-0.39, 0.29) is 0 Å². The van der Waals surface area contributed by atoms with Gasteiger partial charge in [-0.25, -0.2) is 4.98 Å². The van der Waals surface area contributed by atoms with Crippen LogP contribution in [-0.4, -0.2) is 40.1 Å². The lowest BCUT2D eigenvalue weighted by molar-refractivity contribution is 0.189. The molecule has 1 aromatic rings. The van der Waals surface area contributed by atoms with Crippen LogP contribution in [-0.2, 0) is 0 Å². The first kappa shape index (κ1) is 14.9. The van der Waals surface area contributed by atoms with Crippen LogP contribution in [0.5, 0.6) is 0 Å². The van der Waals surface area contributed by atoms with Crippen molar-refractivity contribution in [2.24, 2.45) is 0 Å². The Bertz CT molecular complexity index is 461. The third-order valence-electron chi connectivity index (χ3n) is 5.36. The van der Waals surface area contributed by atoms with E-state index in [1.54, 1.807) is 0 Å². The number of piperidine rings is 1. The van der Waals surface area contributed by atoms with Gasteiger partial charge in [0, 0.05) is 30.9 Å². The molecule has 1 aromatic heterocycles. The number of aryl methyl sites for hydroxylation is 1. The predicted octanol–water partition coefficient (Wildman–Crippen LogP) is 3.59. The van der Waals surface area contributed by atoms with Gasteiger partial charge in [-0.3, -0.25) is 0 Å². The van der Waals surface area contributed by atoms with Gasteiger partial charge in [0.25, 0.3) is 0 Å². The molecule has 1 saturated heterocycles. The number of nitrogens with zero attached hydrogens (tertiary/aromatic N) is 3. The molecule has 4 nitrogen and oxygen atoms in total. The van der Waals surface area contributed by atoms with Crippen molar-refractivity contribution >= 4 is 5.95 Å². The molecule has 1 saturated carbocycles. The van der Waals surface area contributed by atoms with E-state index >= 15 is 0 Å². The summed E-state index contributed by atoms with van der Waals surface area (Å²) in [6.07, 6.45) is 11.4. The quantitative estimate of drug-likeness (QED) is 0.923. The van der Waals surface area contributed by atoms with Crippen molar-refractivity contribution in [3.05, 3.63) is 11.9 Å². The van der Waals surface area contributed by atoms with Crippen LogP contribution in [0.25, 0.3) is 0 Å². The number of nitrogens with one attached hydrogen (secondary N) is 1. The van der Waals surface area contributed by atoms with Gasteiger partial charge in [0.15, 0.2) is 0 Å². The van der Waals surface area contributed by atoms with E-state index in [1.807, 2.05) is 0 Å². The molecule has 1 N–H and O–H groups in total. The Morgan fingerprint density at radius 3 is 2.67 bits per heavy atom. The fourth-order valence-corrected chi connectivity index (χ4v) is 3.86. The molecule has 1 aliphatic carbocycles. The molecular formula is C17H30N4. The van der Waals surface area contributed by atoms with Crippen LogP contribution in [0.15, 0.2) is 6.20 Å². The van der Waals surface area contributed by atoms with Crippen LogP contribution >= 0.6 is 0 Å². The lowest BCUT2D eigenvalue weighted by atomic mass is 9.95. The third kappa shape index (κ3) is 3.42. The largest absolute Gasteiger partial charge is 0.353 e. The first-order chi connectivity index (χ1) is 10.1. The molecule has 2 heterocycles. The highest BCUT2D eigenvalue weighted by Crippen LogP contribution is 2.31. The van der Waals surface area contributed by atoms with Crippen LogP contribution < -0.4 is 5.32 Å². The lowest BCUT2D eigenvalue weighted by Crippen LogP contribution is -2.43. The molecule has 0 spiro atoms. The highest BCUT2D eigenvalue weighted by Gasteiger charge is 2.25. The Kier molecular flexibility index (Phi) is 4.53. The van der Waals surface area contributed by atoms with Crippen LogP contribution in [0.3, 0.4) is 0 Å². The maximum absolute atomic E-state index is 4.76. The number of hydrogen-bond donors (Lipinski definition) is 1. The summed E-state index contributed by atoms with van der Waals surface area (Å²) in [4.78, 5) is 7.22. The summed E-state index contributed by atoms with van der Waals surface area (Å²) in [5.74, 6) is 1.11. The van der Waals surface area contributed by atoms with Gasteiger partial charge in [-0.05, 0) is 46.6 Å². The van der Waals surface area contributed by atoms with Crippen LogP contribution in [0.2, 0.25) is 0 Å². The molecular weight excluding hydrogens is 260 g/mol. The molecule has 21 heavy (non-hydrogen) atoms. The van der Waals surface area contributed by atoms with E-state index < -0.39 is 0 Å². The lowest BCUT2D eigenvalue weighted by Gasteiger charge is -2.36. The molecule has 2 fully saturated rings. The Morgan fingerprint density at radius 1 is 1.19 bits per heavy atom. The summed E-state index contributed by atoms with van der Waals surface area (Å²) in [5.41, 5.74) is 1.14. The van der Waals surface area contributed by atoms with Gasteiger partial charge in [0.05, 0.1) is 5.69 Å². The number of anilines is 1. The van der Waals surface area contributed by atoms with Crippen molar-refractivity contribution in [2.45, 2.75) is 76.9 Å². The van der Waals surface area contributed by atoms with Crippen molar-refractivity contribution in [3.8, 4) is 0 Å². The van der Waals surface area contributed by atoms with E-state index in [9.17, 15) is 0 Å². The van der Waals surface area contributed by atoms with Crippen molar-refractivity contribution in [1.82, 2.24) is 14.5 Å². The smallest absolute Gasteiger partial charge is 0.203 e. The molecule has 0 radical (unpaired) electrons. The van der Waals surface area contributed by atoms with Crippen molar-refractivity contribution in [2.75, 3.05) is 18.9 Å². The predicted molar refractivity (Wildman–Crippen MR) is 87.8 cm³/mol. The summed E-state index contributed by atoms with van der Waals surface area (Å²) in [6, 6.07) is 1.89. The fourth-order valence-electron chi connectivity index (χ4n) is 3.86. The molecule has 1 aliphatic heterocycles. The van der Waals surface area contributed by atoms with Crippen LogP contribution in [0, 0.1) is 6.92 Å². The fraction of sp³-hybridized carbons (Fsp3) is 0.824. The summed E-state index contributed by atoms with van der Waals surface area (Å²) < 4.78 is 2.43. The zero-order chi connectivity index (χ0) is 14.8. The number of imidazole rings is 1. The van der Waals surface area contributed by atoms with Gasteiger partial charge < -0.3 is 14.8 Å². The molecule has 4 heteroatoms. The topological polar surface area (TPSA) is 33.1 Å². The summed E-state index contributed by atoms with van der Waals surface area (Å²) in [7, 11) is 2.23. The number of aromatic nitrogens is 2. The monoisotopic (exact) mass is 290 g/mol. The second-order valence-electron chi connectivity index (χ2n) is 7.10. The van der Waals surface area contributed by atoms with Gasteiger partial charge in [0.2, 0.25) is 5.95 Å². The Balaban J connectivity index is 1.70. The van der Waals surface area contributed by atoms with E-state index in [2.05, 4.69) is 41.9 Å². The summed E-state index contributed by atoms with van der Waals surface area (Å²) in [6.45, 7) is 5.62. The number of rotatable bonds is 3. The second kappa shape index (κ2) is 6.39. The standard InChI is InChI=1S/C17H30N4/c1-13-12-21(16-7-5-4-6-8-16)17(18-13)19-15-9-10-20(3)14(2)11-15/h12,14-16H,4-11H2,1-3H3,(H,18,19). The Hall–Kier alpha value is -1.03. The summed E-state index contributed by atoms with van der Waals surface area (Å²) in [5, 5.41) is 3.74. The van der Waals surface area contributed by atoms with Gasteiger partial charge in [-0.2, -0.15) is 0 Å². The molecule has 2 atom stereocenters. The average molecular weight is 290 g/mol. The van der Waals surface area contributed by atoms with E-state index in [1.165, 1.54) is 51.5 Å². The highest BCUT2D eigenvalue weighted by atomic mass is 15.2. The van der Waals surface area contributed by atoms with Gasteiger partial charge >= 0.3 is 0 Å². The first-order valence-corrected chi connectivity index (χ1v) is 8.65. The van der Waals surface area contributed by atoms with E-state index in [0.29, 0.717) is 18.1 Å². The Labute approximate surface area is 128 Å². The number of hydrogen-bond acceptors (Lipinski definition) is 3. The van der Waals surface area contributed by atoms with E-state index in [4.69, 9.17) is 4.98 Å². The molecule has 2 unspecified atom stereocenters. The zero-order valence-electron chi connectivity index (χ0n) is 13.8. The zero-order valence-corrected chi connectivity index (χ0v) is 13.8. The minimum Gasteiger partial charge on any atom is -0.353 e. The maximum atomic E-state index is 4.76. The Morgan fingerprint density at radius 2 is 1.95 bits per heavy atom. The molecule has 0 amide bonds. The maximum Gasteiger partial charge on any atom is 0.203 e. The van der Waals surface area contributed by atoms with Crippen molar-refractivity contribution < 1.29 is 0 Å². The summed E-state index contributed by atoms with van der Waals surface area (Å²) >= 11 is 0. The van der Waals surface area contributed by atoms with Gasteiger partial charge in [-0.1, -0.05) is 19.3 Å². The van der Waals surface area contributed by atoms with Gasteiger partial charge in [0.1, 0.15) is 0 Å². The van der Waals surface area contributed by atoms with Crippen molar-refractivity contribution in [3.63, 3.8) is 0 Å². The molecule has 3 rings (SSSR count). The van der Waals surface area contributed by atoms with E-state index in [0.717, 1.165) is 11.6 Å². The number of likely N-dealkylation sites (tertiary alicyclic amines) is 1. The molecule has 2 aliphatic rings. The van der Waals surface area contributed by atoms with Crippen molar-refractivity contribution in [1.29, 1.82) is 0 Å². The minimum atomic E-state index is 0.570. The third-order valence-corrected chi connectivity index (χ3v) is 5.36. The van der Waals surface area contributed by atoms with Gasteiger partial charge in [-0.15, -0.1) is 0 Å². The molecule has 118 valence electrons. The average Bonchev–Trinajstić information content (AvgIpc) is 2.85. The highest BCUT2D eigenvalue weighted by molar-refractivity contribution is 5.31. The van der Waals surface area contributed by atoms with Crippen LogP contribution in [0.4, 0.5) is 5.95 Å². The van der Waals surface area contributed by atoms with Crippen LogP contribution in [0.1, 0.15) is 63.6 Å². The first-order valence-electron chi connectivity index (χ1n) is 8.65. The normalized spacial score (nSPS) is 28.7. The molecule has 0 aromatic carbocycles.